The number of aromatic nitrogens is 2. The normalized spacial score (nSPS) is 14.7. The second kappa shape index (κ2) is 6.45. The molecule has 124 valence electrons. The number of nitrogens with two attached hydrogens (primary N) is 1. The molecule has 7 nitrogen and oxygen atoms in total. The zero-order valence-corrected chi connectivity index (χ0v) is 13.6. The molecular weight excluding hydrogens is 294 g/mol. The Morgan fingerprint density at radius 2 is 2.17 bits per heavy atom. The van der Waals surface area contributed by atoms with E-state index in [1.807, 2.05) is 12.1 Å². The van der Waals surface area contributed by atoms with Crippen LogP contribution in [0.3, 0.4) is 0 Å². The third-order valence-electron chi connectivity index (χ3n) is 4.27. The topological polar surface area (TPSA) is 91.4 Å². The van der Waals surface area contributed by atoms with Crippen LogP contribution in [-0.2, 0) is 19.5 Å². The predicted octanol–water partition coefficient (Wildman–Crippen LogP) is 1.35. The van der Waals surface area contributed by atoms with Gasteiger partial charge in [0.25, 0.3) is 5.56 Å². The Labute approximate surface area is 135 Å². The summed E-state index contributed by atoms with van der Waals surface area (Å²) >= 11 is 0. The largest absolute Gasteiger partial charge is 0.444 e. The lowest BCUT2D eigenvalue weighted by atomic mass is 10.1. The fourth-order valence-corrected chi connectivity index (χ4v) is 3.01. The highest BCUT2D eigenvalue weighted by atomic mass is 16.4. The van der Waals surface area contributed by atoms with Gasteiger partial charge in [-0.15, -0.1) is 0 Å². The van der Waals surface area contributed by atoms with Crippen LogP contribution in [0.5, 0.6) is 0 Å². The lowest BCUT2D eigenvalue weighted by Crippen LogP contribution is -2.35. The molecule has 0 aliphatic carbocycles. The molecule has 0 fully saturated rings. The Balaban J connectivity index is 1.72. The molecule has 3 heterocycles. The first-order chi connectivity index (χ1) is 11.1. The summed E-state index contributed by atoms with van der Waals surface area (Å²) < 4.78 is 5.93. The van der Waals surface area contributed by atoms with Gasteiger partial charge in [-0.3, -0.25) is 14.7 Å². The first-order valence-electron chi connectivity index (χ1n) is 8.04. The second-order valence-electron chi connectivity index (χ2n) is 5.75. The molecule has 0 unspecified atom stereocenters. The standard InChI is InChI=1S/C16H23N5O2/c1-3-21(4-2)14-6-5-11(23-14)9-20-8-7-13-12(10-20)15(22)19-16(17)18-13/h5-6H,3-4,7-10H2,1-2H3,(H3,17,18,19,22). The van der Waals surface area contributed by atoms with Crippen LogP contribution in [0.25, 0.3) is 0 Å². The van der Waals surface area contributed by atoms with Gasteiger partial charge in [-0.1, -0.05) is 0 Å². The van der Waals surface area contributed by atoms with Crippen molar-refractivity contribution in [1.82, 2.24) is 14.9 Å². The van der Waals surface area contributed by atoms with E-state index in [9.17, 15) is 4.79 Å². The molecule has 2 aromatic rings. The van der Waals surface area contributed by atoms with Gasteiger partial charge in [0.15, 0.2) is 5.88 Å². The summed E-state index contributed by atoms with van der Waals surface area (Å²) in [7, 11) is 0. The molecule has 0 spiro atoms. The Kier molecular flexibility index (Phi) is 4.38. The molecule has 23 heavy (non-hydrogen) atoms. The summed E-state index contributed by atoms with van der Waals surface area (Å²) in [5.41, 5.74) is 6.98. The average Bonchev–Trinajstić information content (AvgIpc) is 2.97. The van der Waals surface area contributed by atoms with E-state index in [2.05, 4.69) is 33.6 Å². The maximum absolute atomic E-state index is 12.0. The van der Waals surface area contributed by atoms with E-state index in [1.165, 1.54) is 0 Å². The number of furan rings is 1. The molecule has 0 amide bonds. The van der Waals surface area contributed by atoms with Gasteiger partial charge in [-0.25, -0.2) is 4.98 Å². The molecule has 0 aromatic carbocycles. The van der Waals surface area contributed by atoms with Gasteiger partial charge in [0, 0.05) is 38.7 Å². The van der Waals surface area contributed by atoms with Crippen molar-refractivity contribution in [2.24, 2.45) is 0 Å². The van der Waals surface area contributed by atoms with E-state index in [0.717, 1.165) is 43.4 Å². The molecule has 0 saturated heterocycles. The third kappa shape index (κ3) is 3.24. The van der Waals surface area contributed by atoms with E-state index in [1.54, 1.807) is 0 Å². The number of rotatable bonds is 5. The molecule has 0 bridgehead atoms. The minimum absolute atomic E-state index is 0.138. The van der Waals surface area contributed by atoms with E-state index in [4.69, 9.17) is 10.2 Å². The van der Waals surface area contributed by atoms with E-state index < -0.39 is 0 Å². The summed E-state index contributed by atoms with van der Waals surface area (Å²) in [6.07, 6.45) is 0.729. The smallest absolute Gasteiger partial charge is 0.257 e. The monoisotopic (exact) mass is 317 g/mol. The Bertz CT molecular complexity index is 732. The van der Waals surface area contributed by atoms with Crippen molar-refractivity contribution >= 4 is 11.8 Å². The zero-order chi connectivity index (χ0) is 16.4. The maximum Gasteiger partial charge on any atom is 0.257 e. The second-order valence-corrected chi connectivity index (χ2v) is 5.75. The molecule has 0 atom stereocenters. The van der Waals surface area contributed by atoms with Crippen LogP contribution >= 0.6 is 0 Å². The third-order valence-corrected chi connectivity index (χ3v) is 4.27. The molecule has 3 rings (SSSR count). The van der Waals surface area contributed by atoms with Crippen LogP contribution in [0.2, 0.25) is 0 Å². The number of nitrogens with one attached hydrogen (secondary N) is 1. The number of anilines is 2. The minimum Gasteiger partial charge on any atom is -0.444 e. The molecule has 7 heteroatoms. The van der Waals surface area contributed by atoms with Crippen LogP contribution < -0.4 is 16.2 Å². The van der Waals surface area contributed by atoms with Crippen LogP contribution in [-0.4, -0.2) is 34.5 Å². The maximum atomic E-state index is 12.0. The van der Waals surface area contributed by atoms with E-state index in [0.29, 0.717) is 18.7 Å². The van der Waals surface area contributed by atoms with E-state index in [-0.39, 0.29) is 11.5 Å². The molecule has 3 N–H and O–H groups in total. The van der Waals surface area contributed by atoms with Crippen molar-refractivity contribution in [3.8, 4) is 0 Å². The van der Waals surface area contributed by atoms with E-state index >= 15 is 0 Å². The van der Waals surface area contributed by atoms with Crippen molar-refractivity contribution in [3.05, 3.63) is 39.5 Å². The Morgan fingerprint density at radius 1 is 1.39 bits per heavy atom. The highest BCUT2D eigenvalue weighted by molar-refractivity contribution is 5.36. The highest BCUT2D eigenvalue weighted by Gasteiger charge is 2.22. The number of aromatic amines is 1. The number of fused-ring (bicyclic) bond motifs is 1. The van der Waals surface area contributed by atoms with Crippen molar-refractivity contribution in [2.75, 3.05) is 30.3 Å². The summed E-state index contributed by atoms with van der Waals surface area (Å²) in [6.45, 7) is 8.15. The van der Waals surface area contributed by atoms with Gasteiger partial charge in [-0.05, 0) is 19.9 Å². The van der Waals surface area contributed by atoms with Gasteiger partial charge >= 0.3 is 0 Å². The molecule has 1 aliphatic heterocycles. The zero-order valence-electron chi connectivity index (χ0n) is 13.6. The van der Waals surface area contributed by atoms with Crippen LogP contribution in [0.4, 0.5) is 11.8 Å². The number of H-pyrrole nitrogens is 1. The Morgan fingerprint density at radius 3 is 2.91 bits per heavy atom. The molecule has 2 aromatic heterocycles. The number of nitrogens with zero attached hydrogens (tertiary/aromatic N) is 3. The van der Waals surface area contributed by atoms with Crippen molar-refractivity contribution in [3.63, 3.8) is 0 Å². The first kappa shape index (κ1) is 15.6. The molecule has 0 saturated carbocycles. The quantitative estimate of drug-likeness (QED) is 0.865. The lowest BCUT2D eigenvalue weighted by molar-refractivity contribution is 0.223. The van der Waals surface area contributed by atoms with Crippen molar-refractivity contribution in [2.45, 2.75) is 33.4 Å². The lowest BCUT2D eigenvalue weighted by Gasteiger charge is -2.26. The van der Waals surface area contributed by atoms with Gasteiger partial charge in [-0.2, -0.15) is 0 Å². The summed E-state index contributed by atoms with van der Waals surface area (Å²) in [5, 5.41) is 0. The first-order valence-corrected chi connectivity index (χ1v) is 8.04. The summed E-state index contributed by atoms with van der Waals surface area (Å²) in [4.78, 5) is 23.2. The molecular formula is C16H23N5O2. The number of hydrogen-bond acceptors (Lipinski definition) is 6. The highest BCUT2D eigenvalue weighted by Crippen LogP contribution is 2.22. The van der Waals surface area contributed by atoms with Crippen LogP contribution in [0, 0.1) is 0 Å². The van der Waals surface area contributed by atoms with Gasteiger partial charge in [0.2, 0.25) is 5.95 Å². The predicted molar refractivity (Wildman–Crippen MR) is 89.4 cm³/mol. The van der Waals surface area contributed by atoms with Gasteiger partial charge in [0.1, 0.15) is 5.76 Å². The van der Waals surface area contributed by atoms with Gasteiger partial charge < -0.3 is 15.1 Å². The summed E-state index contributed by atoms with van der Waals surface area (Å²) in [5.74, 6) is 2.00. The minimum atomic E-state index is -0.138. The fourth-order valence-electron chi connectivity index (χ4n) is 3.01. The molecule has 1 aliphatic rings. The number of nitrogen functional groups attached to an aromatic ring is 1. The SMILES string of the molecule is CCN(CC)c1ccc(CN2CCc3nc(N)[nH]c(=O)c3C2)o1. The molecule has 0 radical (unpaired) electrons. The number of hydrogen-bond donors (Lipinski definition) is 2. The van der Waals surface area contributed by atoms with Crippen molar-refractivity contribution < 1.29 is 4.42 Å². The van der Waals surface area contributed by atoms with Crippen LogP contribution in [0.15, 0.2) is 21.3 Å². The van der Waals surface area contributed by atoms with Crippen molar-refractivity contribution in [1.29, 1.82) is 0 Å². The average molecular weight is 317 g/mol. The van der Waals surface area contributed by atoms with Gasteiger partial charge in [0.05, 0.1) is 17.8 Å². The van der Waals surface area contributed by atoms with Crippen LogP contribution in [0.1, 0.15) is 30.9 Å². The summed E-state index contributed by atoms with van der Waals surface area (Å²) in [6, 6.07) is 4.02. The Hall–Kier alpha value is -2.28. The fraction of sp³-hybridized carbons (Fsp3) is 0.500.